The summed E-state index contributed by atoms with van der Waals surface area (Å²) in [7, 11) is 0. The Morgan fingerprint density at radius 1 is 1.11 bits per heavy atom. The van der Waals surface area contributed by atoms with Crippen LogP contribution in [-0.4, -0.2) is 22.0 Å². The highest BCUT2D eigenvalue weighted by Gasteiger charge is 2.39. The summed E-state index contributed by atoms with van der Waals surface area (Å²) in [6.45, 7) is 0. The molecule has 9 heavy (non-hydrogen) atoms. The van der Waals surface area contributed by atoms with Crippen LogP contribution in [0.25, 0.3) is 0 Å². The van der Waals surface area contributed by atoms with Gasteiger partial charge in [-0.2, -0.15) is 23.5 Å². The van der Waals surface area contributed by atoms with Crippen LogP contribution in [0.5, 0.6) is 0 Å². The zero-order valence-electron chi connectivity index (χ0n) is 5.56. The van der Waals surface area contributed by atoms with E-state index in [0.29, 0.717) is 0 Å². The van der Waals surface area contributed by atoms with Crippen molar-refractivity contribution in [1.29, 1.82) is 0 Å². The van der Waals surface area contributed by atoms with Crippen LogP contribution in [0, 0.1) is 0 Å². The smallest absolute Gasteiger partial charge is 0.0340 e. The van der Waals surface area contributed by atoms with E-state index >= 15 is 0 Å². The summed E-state index contributed by atoms with van der Waals surface area (Å²) in [5, 5.41) is 0. The molecule has 0 bridgehead atoms. The second-order valence-corrected chi connectivity index (χ2v) is 5.53. The second kappa shape index (κ2) is 2.39. The molecule has 1 spiro atoms. The molecule has 2 fully saturated rings. The van der Waals surface area contributed by atoms with Crippen molar-refractivity contribution in [2.45, 2.75) is 24.0 Å². The molecule has 2 aliphatic heterocycles. The van der Waals surface area contributed by atoms with E-state index in [1.807, 2.05) is 0 Å². The van der Waals surface area contributed by atoms with Crippen molar-refractivity contribution in [3.63, 3.8) is 0 Å². The highest BCUT2D eigenvalue weighted by Crippen LogP contribution is 2.47. The van der Waals surface area contributed by atoms with Gasteiger partial charge >= 0.3 is 0 Å². The Morgan fingerprint density at radius 2 is 2.00 bits per heavy atom. The van der Waals surface area contributed by atoms with Crippen LogP contribution in [0.2, 0.25) is 0 Å². The van der Waals surface area contributed by atoms with E-state index in [-0.39, 0.29) is 0 Å². The van der Waals surface area contributed by atoms with Crippen molar-refractivity contribution in [1.82, 2.24) is 0 Å². The normalized spacial score (nSPS) is 32.0. The van der Waals surface area contributed by atoms with Crippen LogP contribution in [-0.2, 0) is 0 Å². The van der Waals surface area contributed by atoms with E-state index < -0.39 is 0 Å². The van der Waals surface area contributed by atoms with E-state index in [9.17, 15) is 0 Å². The molecule has 0 aromatic carbocycles. The quantitative estimate of drug-likeness (QED) is 0.533. The van der Waals surface area contributed by atoms with Crippen LogP contribution in [0.4, 0.5) is 0 Å². The van der Waals surface area contributed by atoms with Gasteiger partial charge in [0.25, 0.3) is 0 Å². The highest BCUT2D eigenvalue weighted by atomic mass is 32.2. The maximum atomic E-state index is 2.23. The van der Waals surface area contributed by atoms with Gasteiger partial charge in [0.05, 0.1) is 0 Å². The van der Waals surface area contributed by atoms with Crippen LogP contribution in [0.15, 0.2) is 0 Å². The third-order valence-electron chi connectivity index (χ3n) is 2.17. The molecule has 0 N–H and O–H groups in total. The van der Waals surface area contributed by atoms with Gasteiger partial charge in [-0.1, -0.05) is 6.42 Å². The van der Waals surface area contributed by atoms with Gasteiger partial charge in [0, 0.05) is 16.3 Å². The molecule has 0 aromatic rings. The molecule has 2 saturated heterocycles. The Morgan fingerprint density at radius 3 is 2.33 bits per heavy atom. The molecule has 0 aromatic heterocycles. The molecule has 2 rings (SSSR count). The van der Waals surface area contributed by atoms with E-state index in [1.54, 1.807) is 0 Å². The SMILES string of the molecule is C1CCC2(CSC2)SC1. The van der Waals surface area contributed by atoms with Gasteiger partial charge in [-0.15, -0.1) is 0 Å². The summed E-state index contributed by atoms with van der Waals surface area (Å²) in [6, 6.07) is 0. The largest absolute Gasteiger partial charge is 0.159 e. The van der Waals surface area contributed by atoms with Gasteiger partial charge in [-0.3, -0.25) is 0 Å². The fourth-order valence-corrected chi connectivity index (χ4v) is 4.65. The number of hydrogen-bond acceptors (Lipinski definition) is 2. The minimum atomic E-state index is 0.781. The lowest BCUT2D eigenvalue weighted by molar-refractivity contribution is 0.569. The minimum Gasteiger partial charge on any atom is -0.159 e. The predicted molar refractivity (Wildman–Crippen MR) is 46.4 cm³/mol. The lowest BCUT2D eigenvalue weighted by atomic mass is 10.0. The molecule has 0 unspecified atom stereocenters. The molecule has 0 atom stereocenters. The fourth-order valence-electron chi connectivity index (χ4n) is 1.47. The third-order valence-corrected chi connectivity index (χ3v) is 5.64. The molecule has 0 radical (unpaired) electrons. The summed E-state index contributed by atoms with van der Waals surface area (Å²) >= 11 is 4.35. The van der Waals surface area contributed by atoms with Crippen LogP contribution < -0.4 is 0 Å². The zero-order valence-corrected chi connectivity index (χ0v) is 7.19. The first-order chi connectivity index (χ1) is 4.41. The molecule has 0 saturated carbocycles. The van der Waals surface area contributed by atoms with Crippen LogP contribution in [0.3, 0.4) is 0 Å². The van der Waals surface area contributed by atoms with Crippen molar-refractivity contribution in [2.24, 2.45) is 0 Å². The van der Waals surface area contributed by atoms with E-state index in [2.05, 4.69) is 23.5 Å². The summed E-state index contributed by atoms with van der Waals surface area (Å²) in [6.07, 6.45) is 4.47. The molecule has 52 valence electrons. The van der Waals surface area contributed by atoms with Crippen molar-refractivity contribution >= 4 is 23.5 Å². The molecule has 0 aliphatic carbocycles. The molecular weight excluding hydrogens is 148 g/mol. The molecule has 0 amide bonds. The fraction of sp³-hybridized carbons (Fsp3) is 1.00. The molecule has 0 nitrogen and oxygen atoms in total. The Labute approximate surface area is 65.2 Å². The molecular formula is C7H12S2. The van der Waals surface area contributed by atoms with Crippen LogP contribution in [0.1, 0.15) is 19.3 Å². The van der Waals surface area contributed by atoms with E-state index in [0.717, 1.165) is 4.75 Å². The lowest BCUT2D eigenvalue weighted by Gasteiger charge is -2.43. The first kappa shape index (κ1) is 6.41. The van der Waals surface area contributed by atoms with Gasteiger partial charge in [0.1, 0.15) is 0 Å². The first-order valence-electron chi connectivity index (χ1n) is 3.63. The maximum Gasteiger partial charge on any atom is 0.0340 e. The van der Waals surface area contributed by atoms with Crippen molar-refractivity contribution in [3.8, 4) is 0 Å². The van der Waals surface area contributed by atoms with Gasteiger partial charge in [0.2, 0.25) is 0 Å². The summed E-state index contributed by atoms with van der Waals surface area (Å²) in [5.74, 6) is 4.32. The van der Waals surface area contributed by atoms with Crippen molar-refractivity contribution < 1.29 is 0 Å². The van der Waals surface area contributed by atoms with Gasteiger partial charge in [-0.25, -0.2) is 0 Å². The Kier molecular flexibility index (Phi) is 1.70. The summed E-state index contributed by atoms with van der Waals surface area (Å²) < 4.78 is 0.781. The average Bonchev–Trinajstić information content (AvgIpc) is 1.87. The second-order valence-electron chi connectivity index (χ2n) is 2.98. The van der Waals surface area contributed by atoms with Crippen molar-refractivity contribution in [3.05, 3.63) is 0 Å². The van der Waals surface area contributed by atoms with E-state index in [4.69, 9.17) is 0 Å². The molecule has 2 aliphatic rings. The first-order valence-corrected chi connectivity index (χ1v) is 5.77. The summed E-state index contributed by atoms with van der Waals surface area (Å²) in [4.78, 5) is 0. The topological polar surface area (TPSA) is 0 Å². The number of rotatable bonds is 0. The highest BCUT2D eigenvalue weighted by molar-refractivity contribution is 8.08. The number of thioether (sulfide) groups is 2. The molecule has 2 heterocycles. The zero-order chi connectivity index (χ0) is 6.16. The van der Waals surface area contributed by atoms with Gasteiger partial charge in [-0.05, 0) is 18.6 Å². The Balaban J connectivity index is 1.93. The number of hydrogen-bond donors (Lipinski definition) is 0. The Hall–Kier alpha value is 0.700. The average molecular weight is 160 g/mol. The predicted octanol–water partition coefficient (Wildman–Crippen LogP) is 2.39. The monoisotopic (exact) mass is 160 g/mol. The van der Waals surface area contributed by atoms with E-state index in [1.165, 1.54) is 36.5 Å². The van der Waals surface area contributed by atoms with Gasteiger partial charge in [0.15, 0.2) is 0 Å². The van der Waals surface area contributed by atoms with Crippen molar-refractivity contribution in [2.75, 3.05) is 17.3 Å². The minimum absolute atomic E-state index is 0.781. The maximum absolute atomic E-state index is 2.23. The lowest BCUT2D eigenvalue weighted by Crippen LogP contribution is -2.41. The summed E-state index contributed by atoms with van der Waals surface area (Å²) in [5.41, 5.74) is 0. The standard InChI is InChI=1S/C7H12S2/c1-2-4-9-7(3-1)5-8-6-7/h1-6H2. The Bertz CT molecular complexity index is 99.5. The van der Waals surface area contributed by atoms with Gasteiger partial charge < -0.3 is 0 Å². The molecule has 2 heteroatoms. The third kappa shape index (κ3) is 1.12. The van der Waals surface area contributed by atoms with Crippen LogP contribution >= 0.6 is 23.5 Å².